The lowest BCUT2D eigenvalue weighted by molar-refractivity contribution is -0.135. The molecule has 0 spiro atoms. The highest BCUT2D eigenvalue weighted by atomic mass is 16.2. The molecule has 1 atom stereocenters. The summed E-state index contributed by atoms with van der Waals surface area (Å²) >= 11 is 0. The Morgan fingerprint density at radius 3 is 2.53 bits per heavy atom. The molecule has 1 unspecified atom stereocenters. The van der Waals surface area contributed by atoms with Crippen molar-refractivity contribution in [3.63, 3.8) is 0 Å². The number of carbonyl (C=O) groups excluding carboxylic acids is 1. The molecular formula is C13H27N5O. The van der Waals surface area contributed by atoms with E-state index in [9.17, 15) is 4.79 Å². The molecule has 6 nitrogen and oxygen atoms in total. The first kappa shape index (κ1) is 14.7. The Balaban J connectivity index is 1.71. The van der Waals surface area contributed by atoms with Crippen LogP contribution in [-0.2, 0) is 4.79 Å². The Hall–Kier alpha value is -0.690. The molecule has 2 aliphatic rings. The van der Waals surface area contributed by atoms with Crippen molar-refractivity contribution in [2.75, 3.05) is 73.0 Å². The van der Waals surface area contributed by atoms with E-state index in [0.29, 0.717) is 0 Å². The van der Waals surface area contributed by atoms with Crippen LogP contribution in [-0.4, -0.2) is 99.6 Å². The molecule has 1 amide bonds. The Kier molecular flexibility index (Phi) is 5.57. The van der Waals surface area contributed by atoms with Gasteiger partial charge in [-0.1, -0.05) is 0 Å². The number of hydrogen-bond acceptors (Lipinski definition) is 5. The highest BCUT2D eigenvalue weighted by Gasteiger charge is 2.27. The number of hydrogen-bond donors (Lipinski definition) is 2. The number of nitrogens with one attached hydrogen (secondary N) is 2. The molecule has 0 aromatic carbocycles. The minimum Gasteiger partial charge on any atom is -0.339 e. The second-order valence-corrected chi connectivity index (χ2v) is 5.68. The number of rotatable bonds is 4. The van der Waals surface area contributed by atoms with Crippen molar-refractivity contribution in [2.24, 2.45) is 0 Å². The molecule has 0 aromatic heterocycles. The van der Waals surface area contributed by atoms with Gasteiger partial charge in [0.2, 0.25) is 5.91 Å². The molecule has 110 valence electrons. The maximum atomic E-state index is 12.3. The van der Waals surface area contributed by atoms with Crippen molar-refractivity contribution in [3.8, 4) is 0 Å². The topological polar surface area (TPSA) is 50.9 Å². The molecular weight excluding hydrogens is 242 g/mol. The predicted molar refractivity (Wildman–Crippen MR) is 76.2 cm³/mol. The van der Waals surface area contributed by atoms with E-state index >= 15 is 0 Å². The van der Waals surface area contributed by atoms with Gasteiger partial charge in [0.25, 0.3) is 0 Å². The summed E-state index contributed by atoms with van der Waals surface area (Å²) in [5.41, 5.74) is 0. The molecule has 2 fully saturated rings. The van der Waals surface area contributed by atoms with Crippen LogP contribution in [0.25, 0.3) is 0 Å². The third-order valence-electron chi connectivity index (χ3n) is 3.89. The van der Waals surface area contributed by atoms with Gasteiger partial charge in [0, 0.05) is 58.9 Å². The van der Waals surface area contributed by atoms with Gasteiger partial charge in [0.1, 0.15) is 0 Å². The highest BCUT2D eigenvalue weighted by molar-refractivity contribution is 5.82. The number of likely N-dealkylation sites (N-methyl/N-ethyl adjacent to an activating group) is 1. The summed E-state index contributed by atoms with van der Waals surface area (Å²) in [6.07, 6.45) is 0. The van der Waals surface area contributed by atoms with Crippen molar-refractivity contribution in [1.29, 1.82) is 0 Å². The van der Waals surface area contributed by atoms with Gasteiger partial charge in [0.05, 0.1) is 6.04 Å². The van der Waals surface area contributed by atoms with E-state index in [1.165, 1.54) is 0 Å². The second kappa shape index (κ2) is 7.19. The largest absolute Gasteiger partial charge is 0.339 e. The van der Waals surface area contributed by atoms with Crippen molar-refractivity contribution in [2.45, 2.75) is 6.04 Å². The van der Waals surface area contributed by atoms with Crippen molar-refractivity contribution in [1.82, 2.24) is 25.3 Å². The van der Waals surface area contributed by atoms with Crippen LogP contribution in [0.4, 0.5) is 0 Å². The van der Waals surface area contributed by atoms with E-state index in [1.807, 2.05) is 4.90 Å². The average Bonchev–Trinajstić information content (AvgIpc) is 2.46. The summed E-state index contributed by atoms with van der Waals surface area (Å²) in [6, 6.07) is -0.0259. The van der Waals surface area contributed by atoms with Crippen LogP contribution < -0.4 is 10.6 Å². The summed E-state index contributed by atoms with van der Waals surface area (Å²) in [4.78, 5) is 19.0. The molecule has 6 heteroatoms. The van der Waals surface area contributed by atoms with E-state index in [4.69, 9.17) is 0 Å². The lowest BCUT2D eigenvalue weighted by Crippen LogP contribution is -2.59. The third kappa shape index (κ3) is 4.42. The quantitative estimate of drug-likeness (QED) is 0.634. The number of piperazine rings is 2. The average molecular weight is 269 g/mol. The zero-order chi connectivity index (χ0) is 13.7. The van der Waals surface area contributed by atoms with E-state index in [-0.39, 0.29) is 11.9 Å². The smallest absolute Gasteiger partial charge is 0.241 e. The molecule has 0 bridgehead atoms. The second-order valence-electron chi connectivity index (χ2n) is 5.68. The van der Waals surface area contributed by atoms with Gasteiger partial charge >= 0.3 is 0 Å². The first-order chi connectivity index (χ1) is 9.16. The summed E-state index contributed by atoms with van der Waals surface area (Å²) in [7, 11) is 4.20. The van der Waals surface area contributed by atoms with Crippen LogP contribution in [0.2, 0.25) is 0 Å². The Morgan fingerprint density at radius 1 is 1.21 bits per heavy atom. The van der Waals surface area contributed by atoms with Crippen LogP contribution in [0.1, 0.15) is 0 Å². The highest BCUT2D eigenvalue weighted by Crippen LogP contribution is 2.04. The van der Waals surface area contributed by atoms with Crippen molar-refractivity contribution >= 4 is 5.91 Å². The lowest BCUT2D eigenvalue weighted by Gasteiger charge is -2.37. The zero-order valence-electron chi connectivity index (χ0n) is 12.2. The van der Waals surface area contributed by atoms with E-state index in [1.54, 1.807) is 0 Å². The molecule has 0 aliphatic carbocycles. The van der Waals surface area contributed by atoms with Crippen LogP contribution in [0.3, 0.4) is 0 Å². The Labute approximate surface area is 116 Å². The van der Waals surface area contributed by atoms with E-state index < -0.39 is 0 Å². The van der Waals surface area contributed by atoms with Gasteiger partial charge in [-0.2, -0.15) is 0 Å². The van der Waals surface area contributed by atoms with Gasteiger partial charge in [-0.05, 0) is 14.1 Å². The Bertz CT molecular complexity index is 283. The van der Waals surface area contributed by atoms with Gasteiger partial charge in [-0.3, -0.25) is 9.69 Å². The fraction of sp³-hybridized carbons (Fsp3) is 0.923. The maximum absolute atomic E-state index is 12.3. The minimum atomic E-state index is -0.0259. The van der Waals surface area contributed by atoms with Crippen molar-refractivity contribution < 1.29 is 4.79 Å². The van der Waals surface area contributed by atoms with Crippen LogP contribution in [0, 0.1) is 0 Å². The molecule has 0 radical (unpaired) electrons. The molecule has 0 saturated carbocycles. The van der Waals surface area contributed by atoms with Crippen LogP contribution in [0.15, 0.2) is 0 Å². The maximum Gasteiger partial charge on any atom is 0.241 e. The summed E-state index contributed by atoms with van der Waals surface area (Å²) in [5, 5.41) is 6.56. The molecule has 19 heavy (non-hydrogen) atoms. The molecule has 2 saturated heterocycles. The normalized spacial score (nSPS) is 25.8. The fourth-order valence-corrected chi connectivity index (χ4v) is 2.58. The monoisotopic (exact) mass is 269 g/mol. The minimum absolute atomic E-state index is 0.0259. The molecule has 2 N–H and O–H groups in total. The van der Waals surface area contributed by atoms with Gasteiger partial charge < -0.3 is 20.4 Å². The first-order valence-corrected chi connectivity index (χ1v) is 7.27. The molecule has 2 rings (SSSR count). The van der Waals surface area contributed by atoms with Gasteiger partial charge in [-0.25, -0.2) is 0 Å². The Morgan fingerprint density at radius 2 is 1.95 bits per heavy atom. The fourth-order valence-electron chi connectivity index (χ4n) is 2.58. The SMILES string of the molecule is CN(C)CCN1CCN(C(=O)C2CNCCN2)CC1. The van der Waals surface area contributed by atoms with Gasteiger partial charge in [-0.15, -0.1) is 0 Å². The summed E-state index contributed by atoms with van der Waals surface area (Å²) < 4.78 is 0. The predicted octanol–water partition coefficient (Wildman–Crippen LogP) is -1.75. The molecule has 2 heterocycles. The lowest BCUT2D eigenvalue weighted by atomic mass is 10.2. The first-order valence-electron chi connectivity index (χ1n) is 7.27. The molecule has 2 aliphatic heterocycles. The third-order valence-corrected chi connectivity index (χ3v) is 3.89. The summed E-state index contributed by atoms with van der Waals surface area (Å²) in [6.45, 7) is 8.52. The van der Waals surface area contributed by atoms with Gasteiger partial charge in [0.15, 0.2) is 0 Å². The van der Waals surface area contributed by atoms with E-state index in [0.717, 1.165) is 58.9 Å². The standard InChI is InChI=1S/C13H27N5O/c1-16(2)5-6-17-7-9-18(10-8-17)13(19)12-11-14-3-4-15-12/h12,14-15H,3-11H2,1-2H3. The zero-order valence-corrected chi connectivity index (χ0v) is 12.2. The van der Waals surface area contributed by atoms with Crippen LogP contribution >= 0.6 is 0 Å². The summed E-state index contributed by atoms with van der Waals surface area (Å²) in [5.74, 6) is 0.263. The van der Waals surface area contributed by atoms with Crippen molar-refractivity contribution in [3.05, 3.63) is 0 Å². The number of amides is 1. The molecule has 0 aromatic rings. The van der Waals surface area contributed by atoms with E-state index in [2.05, 4.69) is 34.5 Å². The van der Waals surface area contributed by atoms with Crippen LogP contribution in [0.5, 0.6) is 0 Å². The number of nitrogens with zero attached hydrogens (tertiary/aromatic N) is 3. The number of carbonyl (C=O) groups is 1.